The van der Waals surface area contributed by atoms with Gasteiger partial charge in [-0.15, -0.1) is 24.0 Å². The van der Waals surface area contributed by atoms with E-state index in [1.807, 2.05) is 47.0 Å². The van der Waals surface area contributed by atoms with Crippen LogP contribution >= 0.6 is 24.0 Å². The Kier molecular flexibility index (Phi) is 7.13. The maximum Gasteiger partial charge on any atom is 0.191 e. The van der Waals surface area contributed by atoms with Gasteiger partial charge >= 0.3 is 0 Å². The van der Waals surface area contributed by atoms with Crippen LogP contribution in [0.5, 0.6) is 0 Å². The number of hydrogen-bond acceptors (Lipinski definition) is 3. The highest BCUT2D eigenvalue weighted by molar-refractivity contribution is 14.0. The Morgan fingerprint density at radius 2 is 1.97 bits per heavy atom. The zero-order valence-electron chi connectivity index (χ0n) is 16.7. The van der Waals surface area contributed by atoms with E-state index in [9.17, 15) is 0 Å². The molecule has 0 amide bonds. The second-order valence-corrected chi connectivity index (χ2v) is 6.72. The fraction of sp³-hybridized carbons (Fsp3) is 0.273. The number of halogens is 1. The first-order valence-corrected chi connectivity index (χ1v) is 9.66. The van der Waals surface area contributed by atoms with Crippen molar-refractivity contribution in [3.63, 3.8) is 0 Å². The minimum absolute atomic E-state index is 0. The number of imidazole rings is 1. The molecule has 1 aromatic carbocycles. The summed E-state index contributed by atoms with van der Waals surface area (Å²) in [6.07, 6.45) is 4.91. The number of para-hydroxylation sites is 1. The number of benzene rings is 1. The van der Waals surface area contributed by atoms with Gasteiger partial charge in [-0.05, 0) is 32.0 Å². The summed E-state index contributed by atoms with van der Waals surface area (Å²) in [7, 11) is 0. The molecule has 0 aliphatic heterocycles. The van der Waals surface area contributed by atoms with Gasteiger partial charge in [0.05, 0.1) is 5.69 Å². The second kappa shape index (κ2) is 9.78. The first kappa shape index (κ1) is 21.2. The molecule has 29 heavy (non-hydrogen) atoms. The van der Waals surface area contributed by atoms with Crippen LogP contribution < -0.4 is 10.6 Å². The Hall–Kier alpha value is -2.55. The minimum atomic E-state index is 0. The summed E-state index contributed by atoms with van der Waals surface area (Å²) in [6.45, 7) is 6.21. The number of guanidine groups is 1. The molecule has 4 rings (SSSR count). The van der Waals surface area contributed by atoms with Crippen LogP contribution in [-0.4, -0.2) is 28.4 Å². The lowest BCUT2D eigenvalue weighted by Crippen LogP contribution is -2.38. The molecule has 6 nitrogen and oxygen atoms in total. The third kappa shape index (κ3) is 4.90. The minimum Gasteiger partial charge on any atom is -0.459 e. The lowest BCUT2D eigenvalue weighted by atomic mass is 10.1. The molecule has 3 aromatic heterocycles. The maximum atomic E-state index is 5.96. The third-order valence-corrected chi connectivity index (χ3v) is 4.75. The molecule has 7 heteroatoms. The third-order valence-electron chi connectivity index (χ3n) is 4.75. The van der Waals surface area contributed by atoms with Gasteiger partial charge in [-0.1, -0.05) is 24.3 Å². The van der Waals surface area contributed by atoms with E-state index in [0.29, 0.717) is 6.54 Å². The predicted molar refractivity (Wildman–Crippen MR) is 128 cm³/mol. The summed E-state index contributed by atoms with van der Waals surface area (Å²) in [6, 6.07) is 14.1. The van der Waals surface area contributed by atoms with E-state index in [1.165, 1.54) is 0 Å². The molecule has 0 unspecified atom stereocenters. The van der Waals surface area contributed by atoms with Gasteiger partial charge < -0.3 is 19.5 Å². The fourth-order valence-electron chi connectivity index (χ4n) is 3.29. The molecule has 4 aromatic rings. The van der Waals surface area contributed by atoms with Gasteiger partial charge in [0.1, 0.15) is 23.5 Å². The summed E-state index contributed by atoms with van der Waals surface area (Å²) >= 11 is 0. The number of fused-ring (bicyclic) bond motifs is 2. The summed E-state index contributed by atoms with van der Waals surface area (Å²) in [5.41, 5.74) is 4.09. The quantitative estimate of drug-likeness (QED) is 0.234. The van der Waals surface area contributed by atoms with Crippen LogP contribution in [0.15, 0.2) is 64.3 Å². The van der Waals surface area contributed by atoms with Gasteiger partial charge in [0.25, 0.3) is 0 Å². The number of furan rings is 1. The van der Waals surface area contributed by atoms with Crippen molar-refractivity contribution < 1.29 is 4.42 Å². The largest absolute Gasteiger partial charge is 0.459 e. The molecule has 3 heterocycles. The highest BCUT2D eigenvalue weighted by Crippen LogP contribution is 2.25. The van der Waals surface area contributed by atoms with E-state index in [4.69, 9.17) is 4.42 Å². The predicted octanol–water partition coefficient (Wildman–Crippen LogP) is 4.30. The molecule has 0 bridgehead atoms. The van der Waals surface area contributed by atoms with Crippen molar-refractivity contribution in [1.82, 2.24) is 20.0 Å². The zero-order valence-corrected chi connectivity index (χ0v) is 19.0. The highest BCUT2D eigenvalue weighted by Gasteiger charge is 2.09. The molecule has 0 atom stereocenters. The van der Waals surface area contributed by atoms with E-state index in [1.54, 1.807) is 0 Å². The number of nitrogens with zero attached hydrogens (tertiary/aromatic N) is 3. The van der Waals surface area contributed by atoms with Crippen LogP contribution in [0.2, 0.25) is 0 Å². The number of pyridine rings is 1. The Morgan fingerprint density at radius 3 is 2.76 bits per heavy atom. The van der Waals surface area contributed by atoms with Crippen molar-refractivity contribution >= 4 is 46.6 Å². The monoisotopic (exact) mass is 503 g/mol. The fourth-order valence-corrected chi connectivity index (χ4v) is 3.29. The molecule has 0 aliphatic carbocycles. The summed E-state index contributed by atoms with van der Waals surface area (Å²) in [5.74, 6) is 1.69. The standard InChI is InChI=1S/C22H25N5O.HI/c1-3-23-22(24-12-11-17-15-27-13-7-6-10-21(27)26-17)25-14-20-16(2)18-8-4-5-9-19(18)28-20;/h4-10,13,15H,3,11-12,14H2,1-2H3,(H2,23,24,25);1H. The van der Waals surface area contributed by atoms with Gasteiger partial charge in [-0.25, -0.2) is 9.98 Å². The smallest absolute Gasteiger partial charge is 0.191 e. The van der Waals surface area contributed by atoms with Gasteiger partial charge in [-0.3, -0.25) is 0 Å². The molecule has 0 saturated heterocycles. The van der Waals surface area contributed by atoms with Crippen LogP contribution in [0.4, 0.5) is 0 Å². The average Bonchev–Trinajstić information content (AvgIpc) is 3.27. The molecule has 2 N–H and O–H groups in total. The Labute approximate surface area is 187 Å². The summed E-state index contributed by atoms with van der Waals surface area (Å²) in [5, 5.41) is 7.83. The number of hydrogen-bond donors (Lipinski definition) is 2. The number of aliphatic imine (C=N–C) groups is 1. The number of aryl methyl sites for hydroxylation is 1. The molecule has 152 valence electrons. The van der Waals surface area contributed by atoms with Crippen molar-refractivity contribution in [3.05, 3.63) is 71.9 Å². The van der Waals surface area contributed by atoms with Crippen LogP contribution in [0.1, 0.15) is 23.9 Å². The van der Waals surface area contributed by atoms with Crippen molar-refractivity contribution in [2.75, 3.05) is 13.1 Å². The van der Waals surface area contributed by atoms with Crippen molar-refractivity contribution in [3.8, 4) is 0 Å². The average molecular weight is 503 g/mol. The van der Waals surface area contributed by atoms with Crippen LogP contribution in [-0.2, 0) is 13.0 Å². The first-order valence-electron chi connectivity index (χ1n) is 9.66. The van der Waals surface area contributed by atoms with E-state index in [2.05, 4.69) is 46.7 Å². The molecule has 0 saturated carbocycles. The van der Waals surface area contributed by atoms with Gasteiger partial charge in [-0.2, -0.15) is 0 Å². The lowest BCUT2D eigenvalue weighted by molar-refractivity contribution is 0.548. The number of nitrogens with one attached hydrogen (secondary N) is 2. The topological polar surface area (TPSA) is 66.9 Å². The van der Waals surface area contributed by atoms with Crippen molar-refractivity contribution in [2.45, 2.75) is 26.8 Å². The first-order chi connectivity index (χ1) is 13.7. The summed E-state index contributed by atoms with van der Waals surface area (Å²) < 4.78 is 8.00. The van der Waals surface area contributed by atoms with Gasteiger partial charge in [0.15, 0.2) is 5.96 Å². The van der Waals surface area contributed by atoms with E-state index < -0.39 is 0 Å². The molecule has 0 spiro atoms. The van der Waals surface area contributed by atoms with E-state index in [-0.39, 0.29) is 24.0 Å². The second-order valence-electron chi connectivity index (χ2n) is 6.72. The SMILES string of the molecule is CCNC(=NCc1oc2ccccc2c1C)NCCc1cn2ccccc2n1.I. The summed E-state index contributed by atoms with van der Waals surface area (Å²) in [4.78, 5) is 9.32. The van der Waals surface area contributed by atoms with Gasteiger partial charge in [0, 0.05) is 42.9 Å². The molecular formula is C22H26IN5O. The van der Waals surface area contributed by atoms with E-state index >= 15 is 0 Å². The normalized spacial score (nSPS) is 11.6. The molecule has 0 fully saturated rings. The maximum absolute atomic E-state index is 5.96. The van der Waals surface area contributed by atoms with Crippen LogP contribution in [0.25, 0.3) is 16.6 Å². The Morgan fingerprint density at radius 1 is 1.14 bits per heavy atom. The van der Waals surface area contributed by atoms with Crippen LogP contribution in [0, 0.1) is 6.92 Å². The number of rotatable bonds is 6. The van der Waals surface area contributed by atoms with E-state index in [0.717, 1.165) is 59.1 Å². The Bertz CT molecular complexity index is 1080. The van der Waals surface area contributed by atoms with Crippen LogP contribution in [0.3, 0.4) is 0 Å². The molecule has 0 aliphatic rings. The van der Waals surface area contributed by atoms with Crippen molar-refractivity contribution in [1.29, 1.82) is 0 Å². The molecular weight excluding hydrogens is 477 g/mol. The zero-order chi connectivity index (χ0) is 19.3. The Balaban J connectivity index is 0.00000240. The number of aromatic nitrogens is 2. The lowest BCUT2D eigenvalue weighted by Gasteiger charge is -2.10. The molecule has 0 radical (unpaired) electrons. The highest BCUT2D eigenvalue weighted by atomic mass is 127. The van der Waals surface area contributed by atoms with Crippen molar-refractivity contribution in [2.24, 2.45) is 4.99 Å². The van der Waals surface area contributed by atoms with Gasteiger partial charge in [0.2, 0.25) is 0 Å².